The molecule has 0 atom stereocenters. The molecule has 0 unspecified atom stereocenters. The topological polar surface area (TPSA) is 38.9 Å². The molecular formula is C9H5Cl2FN2. The Bertz CT molecular complexity index is 514. The number of hydrogen-bond acceptors (Lipinski definition) is 2. The van der Waals surface area contributed by atoms with Crippen LogP contribution in [0.5, 0.6) is 0 Å². The summed E-state index contributed by atoms with van der Waals surface area (Å²) < 4.78 is 13.4. The van der Waals surface area contributed by atoms with Gasteiger partial charge in [-0.05, 0) is 12.1 Å². The SMILES string of the molecule is Nc1cc2ccc(Cl)c(F)c2nc1Cl. The predicted molar refractivity (Wildman–Crippen MR) is 56.1 cm³/mol. The van der Waals surface area contributed by atoms with Crippen LogP contribution in [0.25, 0.3) is 10.9 Å². The number of hydrogen-bond donors (Lipinski definition) is 1. The highest BCUT2D eigenvalue weighted by atomic mass is 35.5. The number of fused-ring (bicyclic) bond motifs is 1. The Morgan fingerprint density at radius 1 is 1.29 bits per heavy atom. The first-order chi connectivity index (χ1) is 6.59. The van der Waals surface area contributed by atoms with Crippen molar-refractivity contribution in [3.8, 4) is 0 Å². The standard InChI is InChI=1S/C9H5Cl2FN2/c10-5-2-1-4-3-6(13)9(11)14-8(4)7(5)12/h1-3H,13H2. The number of nitrogens with two attached hydrogens (primary N) is 1. The van der Waals surface area contributed by atoms with Crippen LogP contribution in [0.1, 0.15) is 0 Å². The van der Waals surface area contributed by atoms with Crippen LogP contribution in [0.4, 0.5) is 10.1 Å². The summed E-state index contributed by atoms with van der Waals surface area (Å²) in [6.07, 6.45) is 0. The number of nitrogens with zero attached hydrogens (tertiary/aromatic N) is 1. The number of pyridine rings is 1. The van der Waals surface area contributed by atoms with Crippen LogP contribution in [-0.2, 0) is 0 Å². The Kier molecular flexibility index (Phi) is 2.21. The van der Waals surface area contributed by atoms with Crippen molar-refractivity contribution in [2.24, 2.45) is 0 Å². The van der Waals surface area contributed by atoms with Gasteiger partial charge >= 0.3 is 0 Å². The fourth-order valence-corrected chi connectivity index (χ4v) is 1.47. The lowest BCUT2D eigenvalue weighted by molar-refractivity contribution is 0.637. The van der Waals surface area contributed by atoms with Crippen LogP contribution >= 0.6 is 23.2 Å². The molecule has 0 radical (unpaired) electrons. The van der Waals surface area contributed by atoms with E-state index in [0.717, 1.165) is 0 Å². The number of anilines is 1. The first-order valence-corrected chi connectivity index (χ1v) is 4.55. The fraction of sp³-hybridized carbons (Fsp3) is 0. The maximum Gasteiger partial charge on any atom is 0.168 e. The Hall–Kier alpha value is -1.06. The predicted octanol–water partition coefficient (Wildman–Crippen LogP) is 3.26. The molecule has 2 nitrogen and oxygen atoms in total. The van der Waals surface area contributed by atoms with Crippen molar-refractivity contribution in [3.63, 3.8) is 0 Å². The lowest BCUT2D eigenvalue weighted by Gasteiger charge is -2.03. The average molecular weight is 231 g/mol. The van der Waals surface area contributed by atoms with Gasteiger partial charge in [-0.15, -0.1) is 0 Å². The molecule has 0 saturated heterocycles. The first-order valence-electron chi connectivity index (χ1n) is 3.79. The van der Waals surface area contributed by atoms with Gasteiger partial charge in [-0.1, -0.05) is 29.3 Å². The van der Waals surface area contributed by atoms with Gasteiger partial charge in [0.05, 0.1) is 10.7 Å². The van der Waals surface area contributed by atoms with E-state index in [1.165, 1.54) is 6.07 Å². The van der Waals surface area contributed by atoms with Gasteiger partial charge in [0.2, 0.25) is 0 Å². The van der Waals surface area contributed by atoms with Crippen LogP contribution in [0.15, 0.2) is 18.2 Å². The number of nitrogen functional groups attached to an aromatic ring is 1. The maximum atomic E-state index is 13.4. The van der Waals surface area contributed by atoms with Crippen molar-refractivity contribution in [1.29, 1.82) is 0 Å². The molecule has 5 heteroatoms. The number of benzene rings is 1. The molecule has 0 aliphatic carbocycles. The van der Waals surface area contributed by atoms with Gasteiger partial charge in [-0.25, -0.2) is 9.37 Å². The number of halogens is 3. The second-order valence-electron chi connectivity index (χ2n) is 2.80. The van der Waals surface area contributed by atoms with E-state index >= 15 is 0 Å². The lowest BCUT2D eigenvalue weighted by atomic mass is 10.2. The molecule has 1 aromatic heterocycles. The van der Waals surface area contributed by atoms with Gasteiger partial charge in [0.25, 0.3) is 0 Å². The zero-order valence-corrected chi connectivity index (χ0v) is 8.40. The summed E-state index contributed by atoms with van der Waals surface area (Å²) in [7, 11) is 0. The molecule has 2 rings (SSSR count). The summed E-state index contributed by atoms with van der Waals surface area (Å²) in [5, 5.41) is 0.679. The van der Waals surface area contributed by atoms with E-state index in [9.17, 15) is 4.39 Å². The second-order valence-corrected chi connectivity index (χ2v) is 3.57. The molecule has 14 heavy (non-hydrogen) atoms. The quantitative estimate of drug-likeness (QED) is 0.706. The molecule has 0 aliphatic rings. The van der Waals surface area contributed by atoms with Gasteiger partial charge in [0.1, 0.15) is 5.52 Å². The van der Waals surface area contributed by atoms with Crippen LogP contribution in [0.2, 0.25) is 10.2 Å². The summed E-state index contributed by atoms with van der Waals surface area (Å²) in [4.78, 5) is 3.82. The molecule has 0 bridgehead atoms. The van der Waals surface area contributed by atoms with Crippen molar-refractivity contribution < 1.29 is 4.39 Å². The lowest BCUT2D eigenvalue weighted by Crippen LogP contribution is -1.92. The smallest absolute Gasteiger partial charge is 0.168 e. The fourth-order valence-electron chi connectivity index (χ4n) is 1.17. The molecule has 2 N–H and O–H groups in total. The maximum absolute atomic E-state index is 13.4. The van der Waals surface area contributed by atoms with Crippen molar-refractivity contribution in [2.45, 2.75) is 0 Å². The van der Waals surface area contributed by atoms with E-state index in [1.807, 2.05) is 0 Å². The molecule has 1 aromatic carbocycles. The zero-order valence-electron chi connectivity index (χ0n) is 6.89. The van der Waals surface area contributed by atoms with Gasteiger partial charge in [0, 0.05) is 5.39 Å². The molecule has 0 spiro atoms. The molecule has 72 valence electrons. The summed E-state index contributed by atoms with van der Waals surface area (Å²) in [6.45, 7) is 0. The highest BCUT2D eigenvalue weighted by molar-refractivity contribution is 6.33. The van der Waals surface area contributed by atoms with Gasteiger partial charge in [-0.2, -0.15) is 0 Å². The Morgan fingerprint density at radius 2 is 2.00 bits per heavy atom. The van der Waals surface area contributed by atoms with Crippen molar-refractivity contribution in [3.05, 3.63) is 34.2 Å². The number of rotatable bonds is 0. The minimum Gasteiger partial charge on any atom is -0.396 e. The summed E-state index contributed by atoms with van der Waals surface area (Å²) in [6, 6.07) is 4.65. The van der Waals surface area contributed by atoms with Gasteiger partial charge < -0.3 is 5.73 Å². The molecule has 0 saturated carbocycles. The molecule has 2 aromatic rings. The minimum absolute atomic E-state index is 0.0193. The third kappa shape index (κ3) is 1.38. The summed E-state index contributed by atoms with van der Waals surface area (Å²) >= 11 is 11.3. The second kappa shape index (κ2) is 3.26. The third-order valence-electron chi connectivity index (χ3n) is 1.86. The monoisotopic (exact) mass is 230 g/mol. The first kappa shape index (κ1) is 9.49. The molecular weight excluding hydrogens is 226 g/mol. The molecule has 0 amide bonds. The van der Waals surface area contributed by atoms with Crippen LogP contribution < -0.4 is 5.73 Å². The molecule has 1 heterocycles. The van der Waals surface area contributed by atoms with Crippen molar-refractivity contribution in [1.82, 2.24) is 4.98 Å². The van der Waals surface area contributed by atoms with E-state index in [0.29, 0.717) is 11.1 Å². The minimum atomic E-state index is -0.578. The molecule has 0 fully saturated rings. The Labute approximate surface area is 89.4 Å². The molecule has 0 aliphatic heterocycles. The van der Waals surface area contributed by atoms with Crippen molar-refractivity contribution >= 4 is 39.8 Å². The van der Waals surface area contributed by atoms with Crippen LogP contribution in [0, 0.1) is 5.82 Å². The number of aromatic nitrogens is 1. The van der Waals surface area contributed by atoms with E-state index in [-0.39, 0.29) is 15.7 Å². The van der Waals surface area contributed by atoms with E-state index in [1.54, 1.807) is 12.1 Å². The highest BCUT2D eigenvalue weighted by Gasteiger charge is 2.09. The van der Waals surface area contributed by atoms with Gasteiger partial charge in [0.15, 0.2) is 11.0 Å². The normalized spacial score (nSPS) is 10.8. The van der Waals surface area contributed by atoms with E-state index in [2.05, 4.69) is 4.98 Å². The average Bonchev–Trinajstić information content (AvgIpc) is 2.15. The Balaban J connectivity index is 2.89. The highest BCUT2D eigenvalue weighted by Crippen LogP contribution is 2.27. The summed E-state index contributed by atoms with van der Waals surface area (Å²) in [5.41, 5.74) is 5.98. The largest absolute Gasteiger partial charge is 0.396 e. The Morgan fingerprint density at radius 3 is 2.71 bits per heavy atom. The summed E-state index contributed by atoms with van der Waals surface area (Å²) in [5.74, 6) is -0.578. The van der Waals surface area contributed by atoms with E-state index in [4.69, 9.17) is 28.9 Å². The zero-order chi connectivity index (χ0) is 10.3. The van der Waals surface area contributed by atoms with Crippen LogP contribution in [-0.4, -0.2) is 4.98 Å². The van der Waals surface area contributed by atoms with Gasteiger partial charge in [-0.3, -0.25) is 0 Å². The van der Waals surface area contributed by atoms with Crippen molar-refractivity contribution in [2.75, 3.05) is 5.73 Å². The van der Waals surface area contributed by atoms with E-state index < -0.39 is 5.82 Å². The van der Waals surface area contributed by atoms with Crippen LogP contribution in [0.3, 0.4) is 0 Å². The third-order valence-corrected chi connectivity index (χ3v) is 2.45.